The molecule has 1 saturated carbocycles. The molecule has 0 spiro atoms. The van der Waals surface area contributed by atoms with E-state index in [2.05, 4.69) is 20.8 Å². The maximum atomic E-state index is 12.7. The Labute approximate surface area is 102 Å². The van der Waals surface area contributed by atoms with E-state index >= 15 is 0 Å². The molecule has 1 aliphatic heterocycles. The average molecular weight is 300 g/mol. The van der Waals surface area contributed by atoms with E-state index in [1.54, 1.807) is 0 Å². The number of nitrogens with zero attached hydrogens (tertiary/aromatic N) is 1. The molecule has 1 heterocycles. The molecule has 1 saturated heterocycles. The Morgan fingerprint density at radius 3 is 2.73 bits per heavy atom. The Morgan fingerprint density at radius 1 is 1.40 bits per heavy atom. The van der Waals surface area contributed by atoms with Gasteiger partial charge in [0.15, 0.2) is 0 Å². The Kier molecular flexibility index (Phi) is 3.94. The smallest absolute Gasteiger partial charge is 0.248 e. The van der Waals surface area contributed by atoms with Crippen LogP contribution in [-0.2, 0) is 0 Å². The van der Waals surface area contributed by atoms with Crippen LogP contribution in [0, 0.1) is 5.92 Å². The molecule has 15 heavy (non-hydrogen) atoms. The fourth-order valence-corrected chi connectivity index (χ4v) is 4.39. The van der Waals surface area contributed by atoms with Gasteiger partial charge in [0, 0.05) is 48.8 Å². The number of rotatable bonds is 3. The van der Waals surface area contributed by atoms with Crippen LogP contribution in [0.4, 0.5) is 8.78 Å². The van der Waals surface area contributed by atoms with E-state index in [0.29, 0.717) is 6.04 Å². The van der Waals surface area contributed by atoms with Crippen molar-refractivity contribution < 1.29 is 8.78 Å². The van der Waals surface area contributed by atoms with E-state index in [1.165, 1.54) is 0 Å². The molecular formula is C10H16BrF2NS. The molecule has 88 valence electrons. The third kappa shape index (κ3) is 3.07. The lowest BCUT2D eigenvalue weighted by Crippen LogP contribution is -2.49. The molecule has 0 radical (unpaired) electrons. The van der Waals surface area contributed by atoms with Crippen LogP contribution in [-0.4, -0.2) is 46.8 Å². The summed E-state index contributed by atoms with van der Waals surface area (Å²) in [6, 6.07) is 0.540. The minimum Gasteiger partial charge on any atom is -0.298 e. The molecule has 0 bridgehead atoms. The largest absolute Gasteiger partial charge is 0.298 e. The third-order valence-corrected chi connectivity index (χ3v) is 5.03. The first kappa shape index (κ1) is 12.1. The molecule has 1 unspecified atom stereocenters. The van der Waals surface area contributed by atoms with Gasteiger partial charge in [-0.05, 0) is 5.92 Å². The predicted octanol–water partition coefficient (Wildman–Crippen LogP) is 2.84. The normalized spacial score (nSPS) is 32.6. The highest BCUT2D eigenvalue weighted by Gasteiger charge is 2.46. The monoisotopic (exact) mass is 299 g/mol. The zero-order chi connectivity index (χ0) is 10.9. The molecule has 1 aliphatic carbocycles. The van der Waals surface area contributed by atoms with E-state index in [9.17, 15) is 8.78 Å². The van der Waals surface area contributed by atoms with Crippen molar-refractivity contribution in [2.75, 3.05) is 29.9 Å². The Balaban J connectivity index is 1.78. The van der Waals surface area contributed by atoms with Gasteiger partial charge in [0.05, 0.1) is 0 Å². The number of hydrogen-bond donors (Lipinski definition) is 0. The summed E-state index contributed by atoms with van der Waals surface area (Å²) < 4.78 is 25.4. The summed E-state index contributed by atoms with van der Waals surface area (Å²) in [6.07, 6.45) is 0.206. The lowest BCUT2D eigenvalue weighted by molar-refractivity contribution is -0.117. The van der Waals surface area contributed by atoms with Crippen molar-refractivity contribution in [2.45, 2.75) is 24.8 Å². The van der Waals surface area contributed by atoms with Crippen molar-refractivity contribution in [3.8, 4) is 0 Å². The van der Waals surface area contributed by atoms with Crippen LogP contribution in [0.3, 0.4) is 0 Å². The molecule has 1 nitrogen and oxygen atoms in total. The Hall–Kier alpha value is 0.650. The SMILES string of the molecule is FC1(F)CC(CN2CCSCC2CBr)C1. The van der Waals surface area contributed by atoms with Gasteiger partial charge in [0.2, 0.25) is 5.92 Å². The molecule has 5 heteroatoms. The predicted molar refractivity (Wildman–Crippen MR) is 64.2 cm³/mol. The van der Waals surface area contributed by atoms with Gasteiger partial charge in [-0.3, -0.25) is 4.90 Å². The third-order valence-electron chi connectivity index (χ3n) is 3.19. The molecule has 2 rings (SSSR count). The van der Waals surface area contributed by atoms with Gasteiger partial charge in [-0.25, -0.2) is 8.78 Å². The topological polar surface area (TPSA) is 3.24 Å². The molecule has 0 aromatic rings. The molecule has 0 aromatic heterocycles. The van der Waals surface area contributed by atoms with Gasteiger partial charge in [0.1, 0.15) is 0 Å². The summed E-state index contributed by atoms with van der Waals surface area (Å²) in [6.45, 7) is 1.93. The zero-order valence-electron chi connectivity index (χ0n) is 8.59. The average Bonchev–Trinajstić information content (AvgIpc) is 2.16. The van der Waals surface area contributed by atoms with Gasteiger partial charge < -0.3 is 0 Å². The first-order chi connectivity index (χ1) is 7.11. The second-order valence-corrected chi connectivity index (χ2v) is 6.31. The van der Waals surface area contributed by atoms with Crippen LogP contribution in [0.2, 0.25) is 0 Å². The van der Waals surface area contributed by atoms with Crippen molar-refractivity contribution in [1.29, 1.82) is 0 Å². The summed E-state index contributed by atoms with van der Waals surface area (Å²) in [5, 5.41) is 0.961. The van der Waals surface area contributed by atoms with Gasteiger partial charge in [-0.1, -0.05) is 15.9 Å². The molecule has 0 aromatic carbocycles. The van der Waals surface area contributed by atoms with Crippen molar-refractivity contribution in [1.82, 2.24) is 4.90 Å². The Morgan fingerprint density at radius 2 is 2.13 bits per heavy atom. The molecule has 0 N–H and O–H groups in total. The Bertz CT molecular complexity index is 219. The van der Waals surface area contributed by atoms with Gasteiger partial charge in [0.25, 0.3) is 0 Å². The first-order valence-corrected chi connectivity index (χ1v) is 7.64. The number of alkyl halides is 3. The highest BCUT2D eigenvalue weighted by atomic mass is 79.9. The van der Waals surface area contributed by atoms with Crippen molar-refractivity contribution in [3.05, 3.63) is 0 Å². The fourth-order valence-electron chi connectivity index (χ4n) is 2.32. The van der Waals surface area contributed by atoms with Crippen molar-refractivity contribution in [3.63, 3.8) is 0 Å². The van der Waals surface area contributed by atoms with Gasteiger partial charge in [-0.15, -0.1) is 0 Å². The van der Waals surface area contributed by atoms with Crippen LogP contribution in [0.15, 0.2) is 0 Å². The summed E-state index contributed by atoms with van der Waals surface area (Å²) >= 11 is 5.46. The fraction of sp³-hybridized carbons (Fsp3) is 1.00. The summed E-state index contributed by atoms with van der Waals surface area (Å²) in [5.74, 6) is 0.143. The van der Waals surface area contributed by atoms with Crippen molar-refractivity contribution in [2.24, 2.45) is 5.92 Å². The van der Waals surface area contributed by atoms with Crippen LogP contribution in [0.5, 0.6) is 0 Å². The summed E-state index contributed by atoms with van der Waals surface area (Å²) in [4.78, 5) is 2.38. The lowest BCUT2D eigenvalue weighted by atomic mass is 9.81. The van der Waals surface area contributed by atoms with Crippen LogP contribution < -0.4 is 0 Å². The van der Waals surface area contributed by atoms with Crippen molar-refractivity contribution >= 4 is 27.7 Å². The van der Waals surface area contributed by atoms with E-state index in [0.717, 1.165) is 29.9 Å². The van der Waals surface area contributed by atoms with E-state index in [-0.39, 0.29) is 18.8 Å². The molecule has 0 amide bonds. The second-order valence-electron chi connectivity index (χ2n) is 4.51. The van der Waals surface area contributed by atoms with E-state index in [4.69, 9.17) is 0 Å². The summed E-state index contributed by atoms with van der Waals surface area (Å²) in [7, 11) is 0. The number of halogens is 3. The molecule has 2 fully saturated rings. The van der Waals surface area contributed by atoms with Crippen LogP contribution in [0.1, 0.15) is 12.8 Å². The highest BCUT2D eigenvalue weighted by molar-refractivity contribution is 9.09. The minimum atomic E-state index is -2.36. The maximum Gasteiger partial charge on any atom is 0.248 e. The summed E-state index contributed by atoms with van der Waals surface area (Å²) in [5.41, 5.74) is 0. The van der Waals surface area contributed by atoms with Crippen LogP contribution in [0.25, 0.3) is 0 Å². The minimum absolute atomic E-state index is 0.103. The molecule has 1 atom stereocenters. The quantitative estimate of drug-likeness (QED) is 0.737. The highest BCUT2D eigenvalue weighted by Crippen LogP contribution is 2.43. The van der Waals surface area contributed by atoms with E-state index < -0.39 is 5.92 Å². The number of thioether (sulfide) groups is 1. The van der Waals surface area contributed by atoms with E-state index in [1.807, 2.05) is 11.8 Å². The first-order valence-electron chi connectivity index (χ1n) is 5.36. The maximum absolute atomic E-state index is 12.7. The van der Waals surface area contributed by atoms with Gasteiger partial charge >= 0.3 is 0 Å². The van der Waals surface area contributed by atoms with Gasteiger partial charge in [-0.2, -0.15) is 11.8 Å². The second kappa shape index (κ2) is 4.88. The standard InChI is InChI=1S/C10H16BrF2NS/c11-5-9-7-15-2-1-14(9)6-8-3-10(12,13)4-8/h8-9H,1-7H2. The lowest BCUT2D eigenvalue weighted by Gasteiger charge is -2.42. The molecule has 2 aliphatic rings. The molecular weight excluding hydrogens is 284 g/mol. The number of hydrogen-bond acceptors (Lipinski definition) is 2. The van der Waals surface area contributed by atoms with Crippen LogP contribution >= 0.6 is 27.7 Å². The zero-order valence-corrected chi connectivity index (χ0v) is 11.0.